The molecule has 0 aliphatic rings. The summed E-state index contributed by atoms with van der Waals surface area (Å²) in [4.78, 5) is 10.7. The summed E-state index contributed by atoms with van der Waals surface area (Å²) in [7, 11) is -2.99. The van der Waals surface area contributed by atoms with E-state index >= 15 is 0 Å². The molecule has 0 amide bonds. The van der Waals surface area contributed by atoms with Gasteiger partial charge in [0.1, 0.15) is 0 Å². The number of hydrogen-bond acceptors (Lipinski definition) is 1. The second-order valence-electron chi connectivity index (χ2n) is 6.65. The van der Waals surface area contributed by atoms with Gasteiger partial charge in [0.2, 0.25) is 7.37 Å². The van der Waals surface area contributed by atoms with Crippen LogP contribution in [0.3, 0.4) is 0 Å². The molecule has 3 heteroatoms. The Morgan fingerprint density at radius 2 is 1.33 bits per heavy atom. The molecule has 0 saturated heterocycles. The predicted octanol–water partition coefficient (Wildman–Crippen LogP) is 6.61. The van der Waals surface area contributed by atoms with Gasteiger partial charge in [0, 0.05) is 11.8 Å². The fourth-order valence-electron chi connectivity index (χ4n) is 3.05. The smallest absolute Gasteiger partial charge is 0.203 e. The summed E-state index contributed by atoms with van der Waals surface area (Å²) in [5.41, 5.74) is 0.0553. The van der Waals surface area contributed by atoms with E-state index in [-0.39, 0.29) is 5.66 Å². The van der Waals surface area contributed by atoms with Crippen molar-refractivity contribution in [1.29, 1.82) is 0 Å². The summed E-state index contributed by atoms with van der Waals surface area (Å²) in [6, 6.07) is 0. The Kier molecular flexibility index (Phi) is 12.8. The van der Waals surface area contributed by atoms with Crippen LogP contribution in [0.2, 0.25) is 0 Å². The van der Waals surface area contributed by atoms with Gasteiger partial charge >= 0.3 is 0 Å². The van der Waals surface area contributed by atoms with Crippen molar-refractivity contribution < 1.29 is 9.46 Å². The van der Waals surface area contributed by atoms with Gasteiger partial charge in [-0.1, -0.05) is 79.1 Å². The lowest BCUT2D eigenvalue weighted by molar-refractivity contribution is 0.414. The molecule has 0 aromatic heterocycles. The van der Waals surface area contributed by atoms with Gasteiger partial charge in [-0.3, -0.25) is 4.57 Å². The molecule has 0 radical (unpaired) electrons. The van der Waals surface area contributed by atoms with E-state index in [1.807, 2.05) is 0 Å². The molecule has 0 heterocycles. The van der Waals surface area contributed by atoms with Crippen molar-refractivity contribution in [3.63, 3.8) is 0 Å². The van der Waals surface area contributed by atoms with E-state index in [2.05, 4.69) is 27.7 Å². The number of rotatable bonds is 14. The van der Waals surface area contributed by atoms with Crippen LogP contribution in [0.4, 0.5) is 0 Å². The minimum atomic E-state index is -2.99. The highest BCUT2D eigenvalue weighted by Gasteiger charge is 2.32. The molecule has 2 nitrogen and oxygen atoms in total. The van der Waals surface area contributed by atoms with Crippen molar-refractivity contribution in [2.24, 2.45) is 5.92 Å². The van der Waals surface area contributed by atoms with Crippen LogP contribution >= 0.6 is 7.37 Å². The maximum atomic E-state index is 12.9. The average Bonchev–Trinajstić information content (AvgIpc) is 2.46. The number of hydrogen-bond donors (Lipinski definition) is 1. The van der Waals surface area contributed by atoms with Crippen molar-refractivity contribution in [3.05, 3.63) is 0 Å². The molecule has 0 fully saturated rings. The van der Waals surface area contributed by atoms with Gasteiger partial charge in [-0.25, -0.2) is 0 Å². The Balaban J connectivity index is 4.59. The first-order chi connectivity index (χ1) is 10.0. The second-order valence-corrected chi connectivity index (χ2v) is 9.25. The third-order valence-electron chi connectivity index (χ3n) is 4.67. The topological polar surface area (TPSA) is 37.3 Å². The lowest BCUT2D eigenvalue weighted by Gasteiger charge is -2.26. The largest absolute Gasteiger partial charge is 0.344 e. The normalized spacial score (nSPS) is 17.4. The summed E-state index contributed by atoms with van der Waals surface area (Å²) in [6.07, 6.45) is 12.7. The lowest BCUT2D eigenvalue weighted by Crippen LogP contribution is -2.16. The first kappa shape index (κ1) is 21.2. The zero-order chi connectivity index (χ0) is 16.1. The molecule has 0 rings (SSSR count). The van der Waals surface area contributed by atoms with Gasteiger partial charge in [0.05, 0.1) is 0 Å². The van der Waals surface area contributed by atoms with Gasteiger partial charge in [-0.15, -0.1) is 0 Å². The van der Waals surface area contributed by atoms with Gasteiger partial charge in [0.25, 0.3) is 0 Å². The third kappa shape index (κ3) is 9.74. The second kappa shape index (κ2) is 12.7. The first-order valence-corrected chi connectivity index (χ1v) is 11.2. The lowest BCUT2D eigenvalue weighted by atomic mass is 10.0. The highest BCUT2D eigenvalue weighted by atomic mass is 31.2. The van der Waals surface area contributed by atoms with E-state index in [0.29, 0.717) is 12.1 Å². The van der Waals surface area contributed by atoms with E-state index in [1.165, 1.54) is 25.7 Å². The Hall–Kier alpha value is 0.190. The van der Waals surface area contributed by atoms with E-state index in [4.69, 9.17) is 0 Å². The molecule has 0 spiro atoms. The maximum absolute atomic E-state index is 12.9. The van der Waals surface area contributed by atoms with E-state index < -0.39 is 7.37 Å². The van der Waals surface area contributed by atoms with Crippen LogP contribution in [0.15, 0.2) is 0 Å². The maximum Gasteiger partial charge on any atom is 0.203 e. The van der Waals surface area contributed by atoms with Crippen LogP contribution in [-0.2, 0) is 4.57 Å². The summed E-state index contributed by atoms with van der Waals surface area (Å²) >= 11 is 0. The summed E-state index contributed by atoms with van der Waals surface area (Å²) in [6.45, 7) is 8.72. The third-order valence-corrected chi connectivity index (χ3v) is 7.36. The summed E-state index contributed by atoms with van der Waals surface area (Å²) < 4.78 is 12.9. The predicted molar refractivity (Wildman–Crippen MR) is 95.5 cm³/mol. The number of unbranched alkanes of at least 4 members (excludes halogenated alkanes) is 4. The molecule has 0 saturated carbocycles. The Labute approximate surface area is 133 Å². The highest BCUT2D eigenvalue weighted by molar-refractivity contribution is 7.58. The average molecular weight is 318 g/mol. The molecule has 0 bridgehead atoms. The Morgan fingerprint density at radius 1 is 0.810 bits per heavy atom. The van der Waals surface area contributed by atoms with E-state index in [0.717, 1.165) is 44.9 Å². The fourth-order valence-corrected chi connectivity index (χ4v) is 5.70. The molecule has 3 unspecified atom stereocenters. The van der Waals surface area contributed by atoms with E-state index in [9.17, 15) is 9.46 Å². The minimum absolute atomic E-state index is 0.0553. The molecule has 128 valence electrons. The summed E-state index contributed by atoms with van der Waals surface area (Å²) in [5.74, 6) is 0.441. The molecule has 21 heavy (non-hydrogen) atoms. The standard InChI is InChI=1S/C18H39O2P/c1-5-9-12-15-18(14-11-7-3)21(19,20)16-17(8-4)13-10-6-2/h17-18H,5-16H2,1-4H3,(H,19,20). The van der Waals surface area contributed by atoms with Crippen LogP contribution in [0, 0.1) is 5.92 Å². The van der Waals surface area contributed by atoms with Gasteiger partial charge in [-0.05, 0) is 25.2 Å². The Morgan fingerprint density at radius 3 is 1.86 bits per heavy atom. The molecule has 0 aromatic carbocycles. The van der Waals surface area contributed by atoms with Crippen LogP contribution in [0.25, 0.3) is 0 Å². The highest BCUT2D eigenvalue weighted by Crippen LogP contribution is 2.52. The molecule has 1 N–H and O–H groups in total. The molecular formula is C18H39O2P. The first-order valence-electron chi connectivity index (χ1n) is 9.33. The zero-order valence-corrected chi connectivity index (χ0v) is 15.8. The monoisotopic (exact) mass is 318 g/mol. The summed E-state index contributed by atoms with van der Waals surface area (Å²) in [5, 5.41) is 0. The quantitative estimate of drug-likeness (QED) is 0.289. The van der Waals surface area contributed by atoms with Crippen molar-refractivity contribution in [1.82, 2.24) is 0 Å². The van der Waals surface area contributed by atoms with Crippen molar-refractivity contribution in [3.8, 4) is 0 Å². The van der Waals surface area contributed by atoms with Gasteiger partial charge in [0.15, 0.2) is 0 Å². The molecule has 3 atom stereocenters. The van der Waals surface area contributed by atoms with Crippen LogP contribution in [0.1, 0.15) is 98.3 Å². The van der Waals surface area contributed by atoms with Gasteiger partial charge < -0.3 is 4.89 Å². The van der Waals surface area contributed by atoms with Crippen molar-refractivity contribution in [2.75, 3.05) is 6.16 Å². The Bertz CT molecular complexity index is 278. The molecule has 0 aliphatic heterocycles. The fraction of sp³-hybridized carbons (Fsp3) is 1.00. The molecule has 0 aliphatic carbocycles. The SMILES string of the molecule is CCCCCC(CCCC)P(=O)(O)CC(CC)CCCC. The van der Waals surface area contributed by atoms with Crippen LogP contribution in [0.5, 0.6) is 0 Å². The molecule has 0 aromatic rings. The minimum Gasteiger partial charge on any atom is -0.344 e. The molecular weight excluding hydrogens is 279 g/mol. The van der Waals surface area contributed by atoms with E-state index in [1.54, 1.807) is 0 Å². The van der Waals surface area contributed by atoms with Crippen molar-refractivity contribution in [2.45, 2.75) is 104 Å². The van der Waals surface area contributed by atoms with Gasteiger partial charge in [-0.2, -0.15) is 0 Å². The van der Waals surface area contributed by atoms with Crippen LogP contribution < -0.4 is 0 Å². The van der Waals surface area contributed by atoms with Crippen LogP contribution in [-0.4, -0.2) is 16.7 Å². The van der Waals surface area contributed by atoms with Crippen molar-refractivity contribution >= 4 is 7.37 Å². The zero-order valence-electron chi connectivity index (χ0n) is 14.9.